The molecule has 1 aliphatic carbocycles. The first-order valence-electron chi connectivity index (χ1n) is 12.4. The molecule has 0 aliphatic heterocycles. The quantitative estimate of drug-likeness (QED) is 0.446. The van der Waals surface area contributed by atoms with E-state index in [-0.39, 0.29) is 11.8 Å². The first-order chi connectivity index (χ1) is 16.5. The Bertz CT molecular complexity index is 1120. The van der Waals surface area contributed by atoms with E-state index in [1.807, 2.05) is 36.5 Å². The van der Waals surface area contributed by atoms with E-state index in [2.05, 4.69) is 45.8 Å². The van der Waals surface area contributed by atoms with Gasteiger partial charge < -0.3 is 15.6 Å². The number of hydrogen-bond acceptors (Lipinski definition) is 3. The molecule has 2 amide bonds. The first kappa shape index (κ1) is 24.0. The van der Waals surface area contributed by atoms with Gasteiger partial charge in [-0.1, -0.05) is 61.7 Å². The highest BCUT2D eigenvalue weighted by atomic mass is 16.2. The van der Waals surface area contributed by atoms with Crippen LogP contribution < -0.4 is 10.6 Å². The molecule has 0 radical (unpaired) electrons. The van der Waals surface area contributed by atoms with Crippen molar-refractivity contribution < 1.29 is 9.59 Å². The molecule has 1 aliphatic rings. The van der Waals surface area contributed by atoms with Crippen LogP contribution in [0.4, 0.5) is 0 Å². The van der Waals surface area contributed by atoms with Gasteiger partial charge in [0.25, 0.3) is 0 Å². The monoisotopic (exact) mass is 460 g/mol. The van der Waals surface area contributed by atoms with Gasteiger partial charge in [0, 0.05) is 49.6 Å². The molecule has 1 heterocycles. The van der Waals surface area contributed by atoms with E-state index in [9.17, 15) is 9.59 Å². The molecule has 1 saturated carbocycles. The van der Waals surface area contributed by atoms with Crippen LogP contribution in [0.2, 0.25) is 0 Å². The van der Waals surface area contributed by atoms with Crippen molar-refractivity contribution in [3.05, 3.63) is 71.4 Å². The van der Waals surface area contributed by atoms with Crippen LogP contribution in [-0.2, 0) is 29.1 Å². The fourth-order valence-corrected chi connectivity index (χ4v) is 5.08. The topological polar surface area (TPSA) is 77.2 Å². The van der Waals surface area contributed by atoms with E-state index in [1.54, 1.807) is 0 Å². The van der Waals surface area contributed by atoms with Gasteiger partial charge in [-0.15, -0.1) is 0 Å². The Morgan fingerprint density at radius 2 is 1.71 bits per heavy atom. The lowest BCUT2D eigenvalue weighted by Gasteiger charge is -2.31. The second kappa shape index (κ2) is 11.3. The zero-order chi connectivity index (χ0) is 23.9. The van der Waals surface area contributed by atoms with Gasteiger partial charge in [-0.2, -0.15) is 0 Å². The second-order valence-electron chi connectivity index (χ2n) is 9.51. The van der Waals surface area contributed by atoms with Crippen LogP contribution in [0.5, 0.6) is 0 Å². The average Bonchev–Trinajstić information content (AvgIpc) is 3.26. The molecule has 1 aromatic heterocycles. The average molecular weight is 461 g/mol. The van der Waals surface area contributed by atoms with Crippen LogP contribution in [0.3, 0.4) is 0 Å². The molecule has 0 bridgehead atoms. The molecular weight excluding hydrogens is 424 g/mol. The number of carbonyl (C=O) groups is 2. The van der Waals surface area contributed by atoms with Crippen molar-refractivity contribution in [1.29, 1.82) is 0 Å². The maximum Gasteiger partial charge on any atom is 0.243 e. The number of fused-ring (bicyclic) bond motifs is 1. The maximum absolute atomic E-state index is 13.1. The summed E-state index contributed by atoms with van der Waals surface area (Å²) in [5.74, 6) is -0.384. The molecular formula is C28H36N4O2. The minimum Gasteiger partial charge on any atom is -0.361 e. The molecule has 0 spiro atoms. The first-order valence-corrected chi connectivity index (χ1v) is 12.4. The van der Waals surface area contributed by atoms with Crippen molar-refractivity contribution in [2.24, 2.45) is 0 Å². The predicted molar refractivity (Wildman–Crippen MR) is 136 cm³/mol. The molecule has 3 N–H and O–H groups in total. The van der Waals surface area contributed by atoms with Crippen molar-refractivity contribution in [3.8, 4) is 0 Å². The van der Waals surface area contributed by atoms with Crippen molar-refractivity contribution in [3.63, 3.8) is 0 Å². The summed E-state index contributed by atoms with van der Waals surface area (Å²) in [7, 11) is 2.21. The SMILES string of the molecule is CC(=O)NC(Cc1c[nH]c2ccccc12)C(=O)NCc1ccccc1CN(C)C1CCCCC1. The van der Waals surface area contributed by atoms with E-state index in [1.165, 1.54) is 44.6 Å². The third-order valence-corrected chi connectivity index (χ3v) is 6.98. The van der Waals surface area contributed by atoms with Crippen molar-refractivity contribution in [2.75, 3.05) is 7.05 Å². The Kier molecular flexibility index (Phi) is 8.01. The van der Waals surface area contributed by atoms with Gasteiger partial charge in [-0.3, -0.25) is 14.5 Å². The van der Waals surface area contributed by atoms with Crippen LogP contribution in [0.25, 0.3) is 10.9 Å². The van der Waals surface area contributed by atoms with Gasteiger partial charge in [-0.25, -0.2) is 0 Å². The smallest absolute Gasteiger partial charge is 0.243 e. The number of carbonyl (C=O) groups excluding carboxylic acids is 2. The van der Waals surface area contributed by atoms with Gasteiger partial charge in [-0.05, 0) is 42.6 Å². The van der Waals surface area contributed by atoms with Crippen molar-refractivity contribution in [1.82, 2.24) is 20.5 Å². The number of rotatable bonds is 9. The maximum atomic E-state index is 13.1. The molecule has 1 fully saturated rings. The Balaban J connectivity index is 1.42. The number of nitrogens with one attached hydrogen (secondary N) is 3. The summed E-state index contributed by atoms with van der Waals surface area (Å²) in [4.78, 5) is 30.7. The largest absolute Gasteiger partial charge is 0.361 e. The fourth-order valence-electron chi connectivity index (χ4n) is 5.08. The molecule has 6 nitrogen and oxygen atoms in total. The molecule has 3 aromatic rings. The summed E-state index contributed by atoms with van der Waals surface area (Å²) in [6.45, 7) is 2.77. The van der Waals surface area contributed by atoms with E-state index < -0.39 is 6.04 Å². The minimum absolute atomic E-state index is 0.170. The predicted octanol–water partition coefficient (Wildman–Crippen LogP) is 4.30. The van der Waals surface area contributed by atoms with Crippen LogP contribution >= 0.6 is 0 Å². The van der Waals surface area contributed by atoms with Gasteiger partial charge in [0.2, 0.25) is 11.8 Å². The van der Waals surface area contributed by atoms with Gasteiger partial charge in [0.05, 0.1) is 0 Å². The Hall–Kier alpha value is -3.12. The van der Waals surface area contributed by atoms with Crippen LogP contribution in [0.15, 0.2) is 54.7 Å². The van der Waals surface area contributed by atoms with Crippen LogP contribution in [0, 0.1) is 0 Å². The normalized spacial score (nSPS) is 15.4. The number of amides is 2. The number of aromatic nitrogens is 1. The van der Waals surface area contributed by atoms with Gasteiger partial charge in [0.15, 0.2) is 0 Å². The summed E-state index contributed by atoms with van der Waals surface area (Å²) in [6, 6.07) is 16.3. The van der Waals surface area contributed by atoms with Crippen molar-refractivity contribution in [2.45, 2.75) is 70.6 Å². The van der Waals surface area contributed by atoms with Crippen LogP contribution in [-0.4, -0.2) is 40.8 Å². The molecule has 6 heteroatoms. The summed E-state index contributed by atoms with van der Waals surface area (Å²) in [6.07, 6.45) is 8.86. The molecule has 180 valence electrons. The lowest BCUT2D eigenvalue weighted by molar-refractivity contribution is -0.128. The molecule has 34 heavy (non-hydrogen) atoms. The van der Waals surface area contributed by atoms with Gasteiger partial charge >= 0.3 is 0 Å². The van der Waals surface area contributed by atoms with Crippen LogP contribution in [0.1, 0.15) is 55.7 Å². The zero-order valence-corrected chi connectivity index (χ0v) is 20.3. The molecule has 4 rings (SSSR count). The zero-order valence-electron chi connectivity index (χ0n) is 20.3. The highest BCUT2D eigenvalue weighted by molar-refractivity contribution is 5.89. The second-order valence-corrected chi connectivity index (χ2v) is 9.51. The van der Waals surface area contributed by atoms with E-state index in [0.717, 1.165) is 28.6 Å². The highest BCUT2D eigenvalue weighted by Gasteiger charge is 2.22. The molecule has 1 unspecified atom stereocenters. The molecule has 0 saturated heterocycles. The number of benzene rings is 2. The number of nitrogens with zero attached hydrogens (tertiary/aromatic N) is 1. The lowest BCUT2D eigenvalue weighted by Crippen LogP contribution is -2.47. The number of hydrogen-bond donors (Lipinski definition) is 3. The summed E-state index contributed by atoms with van der Waals surface area (Å²) in [5, 5.41) is 6.98. The molecule has 2 aromatic carbocycles. The number of H-pyrrole nitrogens is 1. The fraction of sp³-hybridized carbons (Fsp3) is 0.429. The standard InChI is InChI=1S/C28H36N4O2/c1-20(33)31-27(16-23-18-29-26-15-9-8-14-25(23)26)28(34)30-17-21-10-6-7-11-22(21)19-32(2)24-12-4-3-5-13-24/h6-11,14-15,18,24,27,29H,3-5,12-13,16-17,19H2,1-2H3,(H,30,34)(H,31,33). The summed E-state index contributed by atoms with van der Waals surface area (Å²) >= 11 is 0. The van der Waals surface area contributed by atoms with E-state index in [0.29, 0.717) is 19.0 Å². The molecule has 1 atom stereocenters. The third-order valence-electron chi connectivity index (χ3n) is 6.98. The lowest BCUT2D eigenvalue weighted by atomic mass is 9.94. The van der Waals surface area contributed by atoms with E-state index in [4.69, 9.17) is 0 Å². The Labute approximate surface area is 202 Å². The number of para-hydroxylation sites is 1. The Morgan fingerprint density at radius 1 is 1.00 bits per heavy atom. The minimum atomic E-state index is -0.631. The summed E-state index contributed by atoms with van der Waals surface area (Å²) in [5.41, 5.74) is 4.39. The Morgan fingerprint density at radius 3 is 2.47 bits per heavy atom. The van der Waals surface area contributed by atoms with Gasteiger partial charge in [0.1, 0.15) is 6.04 Å². The van der Waals surface area contributed by atoms with E-state index >= 15 is 0 Å². The third kappa shape index (κ3) is 6.06. The van der Waals surface area contributed by atoms with Crippen molar-refractivity contribution >= 4 is 22.7 Å². The summed E-state index contributed by atoms with van der Waals surface area (Å²) < 4.78 is 0. The highest BCUT2D eigenvalue weighted by Crippen LogP contribution is 2.24. The number of aromatic amines is 1.